The van der Waals surface area contributed by atoms with Gasteiger partial charge in [-0.15, -0.1) is 11.3 Å². The van der Waals surface area contributed by atoms with E-state index in [2.05, 4.69) is 76.3 Å². The van der Waals surface area contributed by atoms with Crippen LogP contribution in [0.2, 0.25) is 0 Å². The quantitative estimate of drug-likeness (QED) is 0.208. The average molecular weight is 582 g/mol. The molecular weight excluding hydrogens is 559 g/mol. The van der Waals surface area contributed by atoms with E-state index in [1.54, 1.807) is 11.3 Å². The van der Waals surface area contributed by atoms with E-state index in [-0.39, 0.29) is 0 Å². The van der Waals surface area contributed by atoms with Gasteiger partial charge >= 0.3 is 0 Å². The minimum absolute atomic E-state index is 0.637. The van der Waals surface area contributed by atoms with E-state index < -0.39 is 0 Å². The zero-order valence-electron chi connectivity index (χ0n) is 23.4. The van der Waals surface area contributed by atoms with Crippen molar-refractivity contribution in [3.05, 3.63) is 140 Å². The van der Waals surface area contributed by atoms with Crippen LogP contribution in [0.25, 0.3) is 82.0 Å². The van der Waals surface area contributed by atoms with Crippen molar-refractivity contribution in [2.24, 2.45) is 0 Å². The van der Waals surface area contributed by atoms with Gasteiger partial charge in [0.25, 0.3) is 0 Å². The molecule has 0 N–H and O–H groups in total. The van der Waals surface area contributed by atoms with Crippen LogP contribution in [0.1, 0.15) is 0 Å². The van der Waals surface area contributed by atoms with Crippen LogP contribution < -0.4 is 0 Å². The molecule has 9 rings (SSSR count). The summed E-state index contributed by atoms with van der Waals surface area (Å²) in [5.74, 6) is 1.94. The lowest BCUT2D eigenvalue weighted by Crippen LogP contribution is -2.01. The fourth-order valence-electron chi connectivity index (χ4n) is 6.07. The Labute approximate surface area is 256 Å². The lowest BCUT2D eigenvalue weighted by molar-refractivity contribution is 1.07. The molecule has 206 valence electrons. The molecule has 0 amide bonds. The van der Waals surface area contributed by atoms with Gasteiger partial charge in [0, 0.05) is 54.8 Å². The number of hydrogen-bond donors (Lipinski definition) is 0. The molecule has 0 aliphatic carbocycles. The first-order valence-corrected chi connectivity index (χ1v) is 15.3. The Bertz CT molecular complexity index is 2440. The monoisotopic (exact) mass is 581 g/mol. The van der Waals surface area contributed by atoms with Crippen LogP contribution in [0.5, 0.6) is 0 Å². The summed E-state index contributed by atoms with van der Waals surface area (Å²) in [6.07, 6.45) is 1.87. The van der Waals surface area contributed by atoms with Gasteiger partial charge in [-0.25, -0.2) is 19.9 Å². The Hall–Kier alpha value is -5.72. The van der Waals surface area contributed by atoms with Gasteiger partial charge in [-0.05, 0) is 42.5 Å². The second-order valence-electron chi connectivity index (χ2n) is 10.8. The number of hydrogen-bond acceptors (Lipinski definition) is 5. The number of rotatable bonds is 4. The van der Waals surface area contributed by atoms with Crippen molar-refractivity contribution in [1.29, 1.82) is 0 Å². The normalized spacial score (nSPS) is 11.6. The first kappa shape index (κ1) is 24.8. The second kappa shape index (κ2) is 9.93. The highest BCUT2D eigenvalue weighted by Gasteiger charge is 2.17. The molecule has 0 saturated heterocycles. The summed E-state index contributed by atoms with van der Waals surface area (Å²) < 4.78 is 3.58. The maximum atomic E-state index is 4.97. The van der Waals surface area contributed by atoms with Gasteiger partial charge in [-0.3, -0.25) is 0 Å². The summed E-state index contributed by atoms with van der Waals surface area (Å²) >= 11 is 1.74. The Kier molecular flexibility index (Phi) is 5.61. The highest BCUT2D eigenvalue weighted by atomic mass is 32.1. The Balaban J connectivity index is 1.27. The Morgan fingerprint density at radius 3 is 1.84 bits per heavy atom. The number of pyridine rings is 1. The number of nitrogens with zero attached hydrogens (tertiary/aromatic N) is 5. The molecule has 9 aromatic rings. The van der Waals surface area contributed by atoms with Gasteiger partial charge < -0.3 is 4.57 Å². The first-order chi connectivity index (χ1) is 21.8. The second-order valence-corrected chi connectivity index (χ2v) is 11.8. The number of aromatic nitrogens is 5. The summed E-state index contributed by atoms with van der Waals surface area (Å²) in [4.78, 5) is 20.5. The lowest BCUT2D eigenvalue weighted by Gasteiger charge is -2.11. The van der Waals surface area contributed by atoms with Gasteiger partial charge in [0.2, 0.25) is 0 Å². The molecule has 0 aliphatic heterocycles. The lowest BCUT2D eigenvalue weighted by atomic mass is 10.1. The number of thiophene rings is 1. The summed E-state index contributed by atoms with van der Waals surface area (Å²) in [5, 5.41) is 4.89. The third-order valence-electron chi connectivity index (χ3n) is 8.10. The van der Waals surface area contributed by atoms with Crippen molar-refractivity contribution in [3.63, 3.8) is 0 Å². The zero-order chi connectivity index (χ0) is 29.0. The van der Waals surface area contributed by atoms with E-state index in [4.69, 9.17) is 15.0 Å². The van der Waals surface area contributed by atoms with Crippen LogP contribution in [0.15, 0.2) is 140 Å². The summed E-state index contributed by atoms with van der Waals surface area (Å²) in [7, 11) is 0. The first-order valence-electron chi connectivity index (χ1n) is 14.5. The van der Waals surface area contributed by atoms with Gasteiger partial charge in [-0.2, -0.15) is 0 Å². The van der Waals surface area contributed by atoms with E-state index >= 15 is 0 Å². The topological polar surface area (TPSA) is 56.5 Å². The summed E-state index contributed by atoms with van der Waals surface area (Å²) in [5.41, 5.74) is 6.20. The van der Waals surface area contributed by atoms with Gasteiger partial charge in [0.1, 0.15) is 4.83 Å². The molecule has 0 unspecified atom stereocenters. The molecular formula is C38H23N5S. The minimum atomic E-state index is 0.637. The third kappa shape index (κ3) is 4.00. The zero-order valence-corrected chi connectivity index (χ0v) is 24.2. The average Bonchev–Trinajstić information content (AvgIpc) is 3.62. The maximum Gasteiger partial charge on any atom is 0.164 e. The predicted octanol–water partition coefficient (Wildman–Crippen LogP) is 9.73. The molecule has 5 nitrogen and oxygen atoms in total. The fourth-order valence-corrected chi connectivity index (χ4v) is 7.13. The SMILES string of the molecule is c1ccc(-c2nc(-c3ccccc3)nc(-c3cccc(-n4c5ccccc5c5cc6c(cc54)sc4ncccc46)c3)n2)cc1. The van der Waals surface area contributed by atoms with Crippen molar-refractivity contribution < 1.29 is 0 Å². The molecule has 4 heterocycles. The molecule has 6 heteroatoms. The van der Waals surface area contributed by atoms with E-state index in [1.165, 1.54) is 26.2 Å². The molecule has 0 atom stereocenters. The van der Waals surface area contributed by atoms with E-state index in [1.807, 2.05) is 72.9 Å². The molecule has 0 aliphatic rings. The number of fused-ring (bicyclic) bond motifs is 6. The molecule has 0 spiro atoms. The van der Waals surface area contributed by atoms with Crippen LogP contribution in [-0.4, -0.2) is 24.5 Å². The van der Waals surface area contributed by atoms with Gasteiger partial charge in [0.05, 0.1) is 11.0 Å². The van der Waals surface area contributed by atoms with Crippen molar-refractivity contribution >= 4 is 53.4 Å². The van der Waals surface area contributed by atoms with Crippen LogP contribution >= 0.6 is 11.3 Å². The number of benzene rings is 5. The van der Waals surface area contributed by atoms with Crippen molar-refractivity contribution in [3.8, 4) is 39.9 Å². The molecule has 0 saturated carbocycles. The largest absolute Gasteiger partial charge is 0.309 e. The predicted molar refractivity (Wildman–Crippen MR) is 181 cm³/mol. The Morgan fingerprint density at radius 2 is 1.09 bits per heavy atom. The van der Waals surface area contributed by atoms with Crippen LogP contribution in [-0.2, 0) is 0 Å². The van der Waals surface area contributed by atoms with Crippen molar-refractivity contribution in [2.75, 3.05) is 0 Å². The Morgan fingerprint density at radius 1 is 0.455 bits per heavy atom. The van der Waals surface area contributed by atoms with Crippen molar-refractivity contribution in [1.82, 2.24) is 24.5 Å². The van der Waals surface area contributed by atoms with Crippen molar-refractivity contribution in [2.45, 2.75) is 0 Å². The van der Waals surface area contributed by atoms with Crippen LogP contribution in [0.3, 0.4) is 0 Å². The fraction of sp³-hybridized carbons (Fsp3) is 0. The van der Waals surface area contributed by atoms with E-state index in [9.17, 15) is 0 Å². The molecule has 0 fully saturated rings. The summed E-state index contributed by atoms with van der Waals surface area (Å²) in [6, 6.07) is 46.1. The smallest absolute Gasteiger partial charge is 0.164 e. The van der Waals surface area contributed by atoms with Crippen LogP contribution in [0, 0.1) is 0 Å². The van der Waals surface area contributed by atoms with E-state index in [0.717, 1.165) is 38.2 Å². The summed E-state index contributed by atoms with van der Waals surface area (Å²) in [6.45, 7) is 0. The molecule has 5 aromatic carbocycles. The molecule has 4 aromatic heterocycles. The molecule has 44 heavy (non-hydrogen) atoms. The van der Waals surface area contributed by atoms with Gasteiger partial charge in [0.15, 0.2) is 17.5 Å². The third-order valence-corrected chi connectivity index (χ3v) is 9.18. The van der Waals surface area contributed by atoms with Gasteiger partial charge in [-0.1, -0.05) is 91.0 Å². The highest BCUT2D eigenvalue weighted by molar-refractivity contribution is 7.25. The van der Waals surface area contributed by atoms with E-state index in [0.29, 0.717) is 17.5 Å². The number of para-hydroxylation sites is 1. The maximum absolute atomic E-state index is 4.97. The molecule has 0 radical (unpaired) electrons. The minimum Gasteiger partial charge on any atom is -0.309 e. The van der Waals surface area contributed by atoms with Crippen LogP contribution in [0.4, 0.5) is 0 Å². The highest BCUT2D eigenvalue weighted by Crippen LogP contribution is 2.40. The molecule has 0 bridgehead atoms. The standard InChI is InChI=1S/C38H23N5S/c1-3-11-24(12-4-1)35-40-36(25-13-5-2-6-14-25)42-37(41-35)26-15-9-16-27(21-26)43-32-19-8-7-17-28(32)30-22-31-29-18-10-20-39-38(29)44-34(31)23-33(30)43/h1-23H.